The van der Waals surface area contributed by atoms with Gasteiger partial charge in [0, 0.05) is 30.3 Å². The molecule has 2 aromatic heterocycles. The van der Waals surface area contributed by atoms with Crippen molar-refractivity contribution < 1.29 is 9.59 Å². The quantitative estimate of drug-likeness (QED) is 0.580. The minimum atomic E-state index is 0.0214. The third kappa shape index (κ3) is 5.10. The Morgan fingerprint density at radius 3 is 2.14 bits per heavy atom. The summed E-state index contributed by atoms with van der Waals surface area (Å²) in [5.74, 6) is 0.0680. The van der Waals surface area contributed by atoms with Crippen molar-refractivity contribution >= 4 is 38.8 Å². The highest BCUT2D eigenvalue weighted by atomic mass is 79.9. The molecule has 22 heavy (non-hydrogen) atoms. The van der Waals surface area contributed by atoms with E-state index in [-0.39, 0.29) is 11.6 Å². The SMILES string of the molecule is CC(=O)c1cc(C)c(C)cn1.CC(=O)c1nc(CBr)c(C)s1. The Morgan fingerprint density at radius 1 is 1.14 bits per heavy atom. The minimum absolute atomic E-state index is 0.0214. The van der Waals surface area contributed by atoms with Crippen LogP contribution in [0.4, 0.5) is 0 Å². The molecule has 2 heterocycles. The zero-order valence-electron chi connectivity index (χ0n) is 13.4. The van der Waals surface area contributed by atoms with Crippen molar-refractivity contribution in [1.29, 1.82) is 0 Å². The van der Waals surface area contributed by atoms with E-state index < -0.39 is 0 Å². The van der Waals surface area contributed by atoms with Gasteiger partial charge in [-0.2, -0.15) is 0 Å². The third-order valence-corrected chi connectivity index (χ3v) is 4.70. The summed E-state index contributed by atoms with van der Waals surface area (Å²) in [5.41, 5.74) is 3.76. The lowest BCUT2D eigenvalue weighted by atomic mass is 10.1. The molecule has 0 unspecified atom stereocenters. The Bertz CT molecular complexity index is 695. The Labute approximate surface area is 143 Å². The molecule has 2 aromatic rings. The van der Waals surface area contributed by atoms with Crippen LogP contribution in [0.25, 0.3) is 0 Å². The molecular weight excluding hydrogens is 364 g/mol. The summed E-state index contributed by atoms with van der Waals surface area (Å²) >= 11 is 4.76. The highest BCUT2D eigenvalue weighted by Crippen LogP contribution is 2.19. The highest BCUT2D eigenvalue weighted by molar-refractivity contribution is 9.08. The highest BCUT2D eigenvalue weighted by Gasteiger charge is 2.08. The van der Waals surface area contributed by atoms with E-state index in [4.69, 9.17) is 0 Å². The van der Waals surface area contributed by atoms with E-state index >= 15 is 0 Å². The molecule has 0 fully saturated rings. The third-order valence-electron chi connectivity index (χ3n) is 3.05. The molecule has 0 saturated heterocycles. The fourth-order valence-electron chi connectivity index (χ4n) is 1.52. The van der Waals surface area contributed by atoms with E-state index in [0.29, 0.717) is 10.7 Å². The van der Waals surface area contributed by atoms with E-state index in [9.17, 15) is 9.59 Å². The standard InChI is InChI=1S/C9H11NO.C7H8BrNOS/c1-6-4-9(8(3)11)10-5-7(6)2;1-4(10)7-9-6(3-8)5(2)11-7/h4-5H,1-3H3;3H2,1-2H3. The first kappa shape index (κ1) is 18.6. The van der Waals surface area contributed by atoms with Crippen molar-refractivity contribution in [3.8, 4) is 0 Å². The fourth-order valence-corrected chi connectivity index (χ4v) is 3.08. The molecule has 0 N–H and O–H groups in total. The summed E-state index contributed by atoms with van der Waals surface area (Å²) in [6.45, 7) is 8.99. The van der Waals surface area contributed by atoms with Gasteiger partial charge in [0.25, 0.3) is 0 Å². The average Bonchev–Trinajstić information content (AvgIpc) is 2.84. The Morgan fingerprint density at radius 2 is 1.77 bits per heavy atom. The van der Waals surface area contributed by atoms with Gasteiger partial charge in [0.15, 0.2) is 16.6 Å². The van der Waals surface area contributed by atoms with Gasteiger partial charge < -0.3 is 0 Å². The van der Waals surface area contributed by atoms with Crippen LogP contribution in [0.1, 0.15) is 55.8 Å². The van der Waals surface area contributed by atoms with Crippen LogP contribution in [0.3, 0.4) is 0 Å². The predicted molar refractivity (Wildman–Crippen MR) is 93.2 cm³/mol. The van der Waals surface area contributed by atoms with E-state index in [1.165, 1.54) is 25.2 Å². The number of pyridine rings is 1. The molecule has 118 valence electrons. The Kier molecular flexibility index (Phi) is 7.03. The van der Waals surface area contributed by atoms with Crippen LogP contribution in [0.2, 0.25) is 0 Å². The minimum Gasteiger partial charge on any atom is -0.293 e. The van der Waals surface area contributed by atoms with Crippen LogP contribution >= 0.6 is 27.3 Å². The number of aryl methyl sites for hydroxylation is 3. The first-order chi connectivity index (χ1) is 10.3. The van der Waals surface area contributed by atoms with Gasteiger partial charge in [0.1, 0.15) is 5.69 Å². The van der Waals surface area contributed by atoms with Crippen molar-refractivity contribution in [3.63, 3.8) is 0 Å². The number of hydrogen-bond acceptors (Lipinski definition) is 5. The molecule has 6 heteroatoms. The van der Waals surface area contributed by atoms with Gasteiger partial charge in [-0.15, -0.1) is 11.3 Å². The summed E-state index contributed by atoms with van der Waals surface area (Å²) in [6.07, 6.45) is 1.73. The molecule has 0 spiro atoms. The summed E-state index contributed by atoms with van der Waals surface area (Å²) in [7, 11) is 0. The molecule has 0 atom stereocenters. The van der Waals surface area contributed by atoms with E-state index in [2.05, 4.69) is 25.9 Å². The summed E-state index contributed by atoms with van der Waals surface area (Å²) in [5, 5.41) is 1.33. The molecule has 0 amide bonds. The van der Waals surface area contributed by atoms with E-state index in [1.807, 2.05) is 26.8 Å². The van der Waals surface area contributed by atoms with Gasteiger partial charge in [-0.1, -0.05) is 15.9 Å². The molecule has 4 nitrogen and oxygen atoms in total. The molecule has 0 saturated carbocycles. The number of Topliss-reactive ketones (excluding diaryl/α,β-unsaturated/α-hetero) is 2. The maximum absolute atomic E-state index is 10.9. The predicted octanol–water partition coefficient (Wildman–Crippen LogP) is 4.45. The van der Waals surface area contributed by atoms with Gasteiger partial charge in [-0.05, 0) is 38.0 Å². The number of halogens is 1. The van der Waals surface area contributed by atoms with Crippen LogP contribution in [-0.2, 0) is 5.33 Å². The second-order valence-corrected chi connectivity index (χ2v) is 6.69. The zero-order chi connectivity index (χ0) is 16.9. The zero-order valence-corrected chi connectivity index (χ0v) is 15.8. The van der Waals surface area contributed by atoms with E-state index in [0.717, 1.165) is 27.0 Å². The Balaban J connectivity index is 0.000000220. The summed E-state index contributed by atoms with van der Waals surface area (Å²) in [4.78, 5) is 31.0. The maximum Gasteiger partial charge on any atom is 0.188 e. The van der Waals surface area contributed by atoms with Crippen molar-refractivity contribution in [2.45, 2.75) is 39.9 Å². The fraction of sp³-hybridized carbons (Fsp3) is 0.375. The van der Waals surface area contributed by atoms with Gasteiger partial charge in [0.05, 0.1) is 5.69 Å². The first-order valence-corrected chi connectivity index (χ1v) is 8.67. The molecule has 2 rings (SSSR count). The largest absolute Gasteiger partial charge is 0.293 e. The molecule has 0 bridgehead atoms. The smallest absolute Gasteiger partial charge is 0.188 e. The lowest BCUT2D eigenvalue weighted by Gasteiger charge is -1.99. The number of nitrogens with zero attached hydrogens (tertiary/aromatic N) is 2. The molecule has 0 radical (unpaired) electrons. The second kappa shape index (κ2) is 8.29. The number of alkyl halides is 1. The normalized spacial score (nSPS) is 9.91. The van der Waals surface area contributed by atoms with Gasteiger partial charge in [-0.3, -0.25) is 14.6 Å². The van der Waals surface area contributed by atoms with Crippen LogP contribution in [0, 0.1) is 20.8 Å². The molecule has 0 aromatic carbocycles. The van der Waals surface area contributed by atoms with Crippen molar-refractivity contribution in [1.82, 2.24) is 9.97 Å². The van der Waals surface area contributed by atoms with Gasteiger partial charge >= 0.3 is 0 Å². The van der Waals surface area contributed by atoms with Crippen molar-refractivity contribution in [3.05, 3.63) is 44.7 Å². The number of carbonyl (C=O) groups is 2. The summed E-state index contributed by atoms with van der Waals surface area (Å²) < 4.78 is 0. The van der Waals surface area contributed by atoms with Crippen molar-refractivity contribution in [2.24, 2.45) is 0 Å². The van der Waals surface area contributed by atoms with Crippen molar-refractivity contribution in [2.75, 3.05) is 0 Å². The number of aromatic nitrogens is 2. The van der Waals surface area contributed by atoms with Gasteiger partial charge in [-0.25, -0.2) is 4.98 Å². The number of carbonyl (C=O) groups excluding carboxylic acids is 2. The van der Waals surface area contributed by atoms with Crippen LogP contribution in [0.5, 0.6) is 0 Å². The number of hydrogen-bond donors (Lipinski definition) is 0. The lowest BCUT2D eigenvalue weighted by molar-refractivity contribution is 0.100. The molecule has 0 aliphatic heterocycles. The van der Waals surface area contributed by atoms with Crippen LogP contribution < -0.4 is 0 Å². The van der Waals surface area contributed by atoms with Crippen LogP contribution in [-0.4, -0.2) is 21.5 Å². The lowest BCUT2D eigenvalue weighted by Crippen LogP contribution is -1.97. The van der Waals surface area contributed by atoms with Crippen LogP contribution in [0.15, 0.2) is 12.3 Å². The topological polar surface area (TPSA) is 59.9 Å². The molecule has 0 aliphatic rings. The first-order valence-electron chi connectivity index (χ1n) is 6.73. The molecule has 0 aliphatic carbocycles. The monoisotopic (exact) mass is 382 g/mol. The second-order valence-electron chi connectivity index (χ2n) is 4.92. The van der Waals surface area contributed by atoms with Gasteiger partial charge in [0.2, 0.25) is 0 Å². The number of rotatable bonds is 3. The molecular formula is C16H19BrN2O2S. The Hall–Kier alpha value is -1.40. The summed E-state index contributed by atoms with van der Waals surface area (Å²) in [6, 6.07) is 1.82. The number of ketones is 2. The number of thiazole rings is 1. The average molecular weight is 383 g/mol. The maximum atomic E-state index is 10.9. The van der Waals surface area contributed by atoms with E-state index in [1.54, 1.807) is 6.20 Å².